The Kier molecular flexibility index (Phi) is 3.72. The van der Waals surface area contributed by atoms with Gasteiger partial charge in [0.2, 0.25) is 11.8 Å². The van der Waals surface area contributed by atoms with Crippen molar-refractivity contribution in [1.29, 1.82) is 0 Å². The van der Waals surface area contributed by atoms with E-state index in [1.54, 1.807) is 6.07 Å². The second-order valence-electron chi connectivity index (χ2n) is 6.04. The summed E-state index contributed by atoms with van der Waals surface area (Å²) in [5.74, 6) is -0.451. The van der Waals surface area contributed by atoms with Crippen molar-refractivity contribution in [1.82, 2.24) is 5.32 Å². The van der Waals surface area contributed by atoms with E-state index < -0.39 is 11.9 Å². The molecule has 3 amide bonds. The lowest BCUT2D eigenvalue weighted by molar-refractivity contribution is -0.136. The number of nitrogens with zero attached hydrogens (tertiary/aromatic N) is 1. The Labute approximate surface area is 144 Å². The number of para-hydroxylation sites is 1. The van der Waals surface area contributed by atoms with Gasteiger partial charge in [-0.2, -0.15) is 0 Å². The predicted octanol–water partition coefficient (Wildman–Crippen LogP) is 1.88. The first-order chi connectivity index (χ1) is 12.1. The summed E-state index contributed by atoms with van der Waals surface area (Å²) in [7, 11) is 0. The van der Waals surface area contributed by atoms with E-state index in [-0.39, 0.29) is 24.8 Å². The third-order valence-electron chi connectivity index (χ3n) is 4.47. The number of piperidine rings is 1. The van der Waals surface area contributed by atoms with Gasteiger partial charge in [0, 0.05) is 12.0 Å². The number of imide groups is 1. The number of fused-ring (bicyclic) bond motifs is 1. The second-order valence-corrected chi connectivity index (χ2v) is 6.04. The molecule has 0 bridgehead atoms. The van der Waals surface area contributed by atoms with Crippen molar-refractivity contribution in [3.8, 4) is 16.9 Å². The van der Waals surface area contributed by atoms with Gasteiger partial charge in [-0.3, -0.25) is 24.6 Å². The minimum atomic E-state index is -0.695. The summed E-state index contributed by atoms with van der Waals surface area (Å²) >= 11 is 0. The maximum Gasteiger partial charge on any atom is 0.265 e. The molecule has 2 aromatic rings. The average molecular weight is 336 g/mol. The average Bonchev–Trinajstić information content (AvgIpc) is 2.63. The van der Waals surface area contributed by atoms with Crippen LogP contribution in [0.3, 0.4) is 0 Å². The normalized spacial score (nSPS) is 19.9. The Hall–Kier alpha value is -3.15. The number of rotatable bonds is 2. The van der Waals surface area contributed by atoms with Crippen LogP contribution in [0.2, 0.25) is 0 Å². The van der Waals surface area contributed by atoms with Crippen molar-refractivity contribution in [2.75, 3.05) is 11.5 Å². The molecular formula is C19H16N2O4. The molecule has 1 unspecified atom stereocenters. The molecule has 126 valence electrons. The van der Waals surface area contributed by atoms with Crippen molar-refractivity contribution in [2.24, 2.45) is 0 Å². The molecule has 0 radical (unpaired) electrons. The van der Waals surface area contributed by atoms with Crippen LogP contribution in [0.4, 0.5) is 5.69 Å². The number of amides is 3. The Morgan fingerprint density at radius 1 is 1.00 bits per heavy atom. The van der Waals surface area contributed by atoms with Crippen LogP contribution in [0.15, 0.2) is 48.5 Å². The number of benzene rings is 2. The fourth-order valence-electron chi connectivity index (χ4n) is 3.32. The third-order valence-corrected chi connectivity index (χ3v) is 4.47. The zero-order valence-electron chi connectivity index (χ0n) is 13.4. The molecular weight excluding hydrogens is 320 g/mol. The van der Waals surface area contributed by atoms with E-state index in [9.17, 15) is 14.4 Å². The van der Waals surface area contributed by atoms with Crippen LogP contribution in [-0.2, 0) is 14.4 Å². The quantitative estimate of drug-likeness (QED) is 0.850. The van der Waals surface area contributed by atoms with E-state index >= 15 is 0 Å². The highest BCUT2D eigenvalue weighted by molar-refractivity contribution is 6.09. The highest BCUT2D eigenvalue weighted by Crippen LogP contribution is 2.42. The van der Waals surface area contributed by atoms with E-state index in [1.165, 1.54) is 4.90 Å². The van der Waals surface area contributed by atoms with Gasteiger partial charge in [-0.25, -0.2) is 0 Å². The smallest absolute Gasteiger partial charge is 0.265 e. The number of nitrogens with one attached hydrogen (secondary N) is 1. The van der Waals surface area contributed by atoms with Crippen LogP contribution in [0, 0.1) is 0 Å². The van der Waals surface area contributed by atoms with E-state index in [0.29, 0.717) is 17.9 Å². The number of carbonyl (C=O) groups excluding carboxylic acids is 3. The summed E-state index contributed by atoms with van der Waals surface area (Å²) in [5.41, 5.74) is 2.40. The lowest BCUT2D eigenvalue weighted by Crippen LogP contribution is -2.56. The summed E-state index contributed by atoms with van der Waals surface area (Å²) < 4.78 is 5.71. The van der Waals surface area contributed by atoms with Crippen LogP contribution in [0.25, 0.3) is 11.1 Å². The van der Waals surface area contributed by atoms with E-state index in [4.69, 9.17) is 4.74 Å². The van der Waals surface area contributed by atoms with Crippen molar-refractivity contribution < 1.29 is 19.1 Å². The van der Waals surface area contributed by atoms with Gasteiger partial charge in [0.1, 0.15) is 6.04 Å². The van der Waals surface area contributed by atoms with Gasteiger partial charge >= 0.3 is 0 Å². The number of ether oxygens (including phenoxy) is 1. The lowest BCUT2D eigenvalue weighted by Gasteiger charge is -2.37. The van der Waals surface area contributed by atoms with Gasteiger partial charge in [-0.05, 0) is 18.1 Å². The SMILES string of the molecule is O=C1CCC(N2C(=O)COc3c(-c4ccccc4)cccc32)C(=O)N1. The van der Waals surface area contributed by atoms with E-state index in [2.05, 4.69) is 5.32 Å². The van der Waals surface area contributed by atoms with Gasteiger partial charge in [-0.1, -0.05) is 42.5 Å². The van der Waals surface area contributed by atoms with Crippen LogP contribution in [0.1, 0.15) is 12.8 Å². The minimum Gasteiger partial charge on any atom is -0.481 e. The number of carbonyl (C=O) groups is 3. The Morgan fingerprint density at radius 3 is 2.56 bits per heavy atom. The zero-order chi connectivity index (χ0) is 17.4. The van der Waals surface area contributed by atoms with Gasteiger partial charge in [-0.15, -0.1) is 0 Å². The molecule has 2 aliphatic rings. The van der Waals surface area contributed by atoms with Crippen molar-refractivity contribution >= 4 is 23.4 Å². The van der Waals surface area contributed by atoms with Crippen molar-refractivity contribution in [3.63, 3.8) is 0 Å². The molecule has 6 nitrogen and oxygen atoms in total. The molecule has 25 heavy (non-hydrogen) atoms. The van der Waals surface area contributed by atoms with E-state index in [0.717, 1.165) is 11.1 Å². The van der Waals surface area contributed by atoms with Gasteiger partial charge < -0.3 is 4.74 Å². The Bertz CT molecular complexity index is 863. The second kappa shape index (κ2) is 6.05. The minimum absolute atomic E-state index is 0.130. The summed E-state index contributed by atoms with van der Waals surface area (Å²) in [4.78, 5) is 37.6. The predicted molar refractivity (Wildman–Crippen MR) is 91.0 cm³/mol. The fourth-order valence-corrected chi connectivity index (χ4v) is 3.32. The van der Waals surface area contributed by atoms with Crippen molar-refractivity contribution in [3.05, 3.63) is 48.5 Å². The molecule has 1 fully saturated rings. The zero-order valence-corrected chi connectivity index (χ0v) is 13.4. The first-order valence-corrected chi connectivity index (χ1v) is 8.12. The molecule has 0 aromatic heterocycles. The van der Waals surface area contributed by atoms with Crippen LogP contribution in [0.5, 0.6) is 5.75 Å². The summed E-state index contributed by atoms with van der Waals surface area (Å²) in [5, 5.41) is 2.31. The van der Waals surface area contributed by atoms with E-state index in [1.807, 2.05) is 42.5 Å². The largest absolute Gasteiger partial charge is 0.481 e. The van der Waals surface area contributed by atoms with Gasteiger partial charge in [0.15, 0.2) is 12.4 Å². The number of hydrogen-bond donors (Lipinski definition) is 1. The monoisotopic (exact) mass is 336 g/mol. The highest BCUT2D eigenvalue weighted by atomic mass is 16.5. The molecule has 2 heterocycles. The lowest BCUT2D eigenvalue weighted by atomic mass is 9.99. The van der Waals surface area contributed by atoms with Gasteiger partial charge in [0.05, 0.1) is 5.69 Å². The molecule has 1 N–H and O–H groups in total. The summed E-state index contributed by atoms with van der Waals surface area (Å²) in [6, 6.07) is 14.5. The fraction of sp³-hybridized carbons (Fsp3) is 0.211. The molecule has 1 saturated heterocycles. The van der Waals surface area contributed by atoms with Crippen LogP contribution in [-0.4, -0.2) is 30.4 Å². The molecule has 0 saturated carbocycles. The third kappa shape index (κ3) is 2.65. The Morgan fingerprint density at radius 2 is 1.80 bits per heavy atom. The summed E-state index contributed by atoms with van der Waals surface area (Å²) in [6.45, 7) is -0.130. The number of anilines is 1. The van der Waals surface area contributed by atoms with Crippen molar-refractivity contribution in [2.45, 2.75) is 18.9 Å². The maximum absolute atomic E-state index is 12.5. The molecule has 4 rings (SSSR count). The maximum atomic E-state index is 12.5. The van der Waals surface area contributed by atoms with Crippen LogP contribution < -0.4 is 15.0 Å². The highest BCUT2D eigenvalue weighted by Gasteiger charge is 2.39. The number of hydrogen-bond acceptors (Lipinski definition) is 4. The topological polar surface area (TPSA) is 75.7 Å². The Balaban J connectivity index is 1.79. The molecule has 2 aliphatic heterocycles. The first-order valence-electron chi connectivity index (χ1n) is 8.12. The molecule has 6 heteroatoms. The summed E-state index contributed by atoms with van der Waals surface area (Å²) in [6.07, 6.45) is 0.528. The first kappa shape index (κ1) is 15.4. The molecule has 0 aliphatic carbocycles. The molecule has 0 spiro atoms. The molecule has 1 atom stereocenters. The molecule has 2 aromatic carbocycles. The van der Waals surface area contributed by atoms with Gasteiger partial charge in [0.25, 0.3) is 5.91 Å². The standard InChI is InChI=1S/C19H16N2O4/c22-16-10-9-15(19(24)20-16)21-14-8-4-7-13(12-5-2-1-3-6-12)18(14)25-11-17(21)23/h1-8,15H,9-11H2,(H,20,22,24). The van der Waals surface area contributed by atoms with Crippen LogP contribution >= 0.6 is 0 Å².